The number of hydrogen-bond acceptors (Lipinski definition) is 5. The normalized spacial score (nSPS) is 15.5. The number of carbonyl (C=O) groups is 2. The van der Waals surface area contributed by atoms with Gasteiger partial charge in [0, 0.05) is 32.6 Å². The molecule has 0 radical (unpaired) electrons. The summed E-state index contributed by atoms with van der Waals surface area (Å²) in [6.07, 6.45) is 2.04. The van der Waals surface area contributed by atoms with E-state index in [4.69, 9.17) is 9.47 Å². The molecular weight excluding hydrogens is 418 g/mol. The highest BCUT2D eigenvalue weighted by atomic mass is 16.5. The highest BCUT2D eigenvalue weighted by molar-refractivity contribution is 5.96. The van der Waals surface area contributed by atoms with Crippen LogP contribution in [0.15, 0.2) is 42.5 Å². The Morgan fingerprint density at radius 1 is 1.00 bits per heavy atom. The Hall–Kier alpha value is -3.06. The number of amides is 2. The van der Waals surface area contributed by atoms with Gasteiger partial charge in [-0.05, 0) is 62.1 Å². The third kappa shape index (κ3) is 6.71. The minimum atomic E-state index is -0.301. The highest BCUT2D eigenvalue weighted by Gasteiger charge is 2.26. The Bertz CT molecular complexity index is 945. The maximum absolute atomic E-state index is 12.9. The summed E-state index contributed by atoms with van der Waals surface area (Å²) in [6, 6.07) is 13.3. The van der Waals surface area contributed by atoms with Crippen molar-refractivity contribution in [2.45, 2.75) is 39.2 Å². The SMILES string of the molecule is COc1ccc(CCC(=O)N2CCCN(C(C)C(=O)Nc3cc(C)ccc3OC)CC2)cc1. The Morgan fingerprint density at radius 3 is 2.45 bits per heavy atom. The molecule has 0 aromatic heterocycles. The summed E-state index contributed by atoms with van der Waals surface area (Å²) in [6.45, 7) is 6.70. The molecule has 1 heterocycles. The predicted molar refractivity (Wildman–Crippen MR) is 130 cm³/mol. The fourth-order valence-corrected chi connectivity index (χ4v) is 4.10. The van der Waals surface area contributed by atoms with Gasteiger partial charge >= 0.3 is 0 Å². The Morgan fingerprint density at radius 2 is 1.76 bits per heavy atom. The van der Waals surface area contributed by atoms with E-state index in [0.717, 1.165) is 36.4 Å². The van der Waals surface area contributed by atoms with Crippen molar-refractivity contribution in [1.82, 2.24) is 9.80 Å². The van der Waals surface area contributed by atoms with Crippen LogP contribution in [0.4, 0.5) is 5.69 Å². The first-order chi connectivity index (χ1) is 15.9. The minimum Gasteiger partial charge on any atom is -0.497 e. The highest BCUT2D eigenvalue weighted by Crippen LogP contribution is 2.25. The molecule has 178 valence electrons. The summed E-state index contributed by atoms with van der Waals surface area (Å²) in [7, 11) is 3.24. The Labute approximate surface area is 196 Å². The first-order valence-corrected chi connectivity index (χ1v) is 11.5. The topological polar surface area (TPSA) is 71.1 Å². The molecule has 1 fully saturated rings. The van der Waals surface area contributed by atoms with Crippen LogP contribution in [0.1, 0.15) is 30.9 Å². The fraction of sp³-hybridized carbons (Fsp3) is 0.462. The van der Waals surface area contributed by atoms with E-state index in [1.807, 2.05) is 61.2 Å². The molecule has 0 spiro atoms. The Kier molecular flexibility index (Phi) is 8.72. The van der Waals surface area contributed by atoms with Gasteiger partial charge in [-0.25, -0.2) is 0 Å². The number of aryl methyl sites for hydroxylation is 2. The molecular formula is C26H35N3O4. The number of hydrogen-bond donors (Lipinski definition) is 1. The van der Waals surface area contributed by atoms with Gasteiger partial charge in [-0.3, -0.25) is 14.5 Å². The van der Waals surface area contributed by atoms with E-state index in [-0.39, 0.29) is 17.9 Å². The summed E-state index contributed by atoms with van der Waals surface area (Å²) < 4.78 is 10.6. The van der Waals surface area contributed by atoms with Crippen molar-refractivity contribution in [1.29, 1.82) is 0 Å². The number of anilines is 1. The van der Waals surface area contributed by atoms with E-state index in [1.54, 1.807) is 14.2 Å². The second-order valence-electron chi connectivity index (χ2n) is 8.49. The van der Waals surface area contributed by atoms with Gasteiger partial charge in [0.15, 0.2) is 0 Å². The van der Waals surface area contributed by atoms with Gasteiger partial charge in [-0.15, -0.1) is 0 Å². The van der Waals surface area contributed by atoms with Crippen LogP contribution in [0.3, 0.4) is 0 Å². The van der Waals surface area contributed by atoms with Gasteiger partial charge in [0.1, 0.15) is 11.5 Å². The summed E-state index contributed by atoms with van der Waals surface area (Å²) in [5.41, 5.74) is 2.86. The quantitative estimate of drug-likeness (QED) is 0.662. The molecule has 1 aliphatic heterocycles. The van der Waals surface area contributed by atoms with E-state index in [2.05, 4.69) is 10.2 Å². The summed E-state index contributed by atoms with van der Waals surface area (Å²) in [5.74, 6) is 1.55. The van der Waals surface area contributed by atoms with Crippen LogP contribution in [0.25, 0.3) is 0 Å². The number of benzene rings is 2. The van der Waals surface area contributed by atoms with Crippen LogP contribution in [0.5, 0.6) is 11.5 Å². The molecule has 1 N–H and O–H groups in total. The molecule has 2 amide bonds. The zero-order valence-corrected chi connectivity index (χ0v) is 20.1. The van der Waals surface area contributed by atoms with Gasteiger partial charge in [0.25, 0.3) is 0 Å². The van der Waals surface area contributed by atoms with Crippen LogP contribution >= 0.6 is 0 Å². The van der Waals surface area contributed by atoms with Gasteiger partial charge in [0.2, 0.25) is 11.8 Å². The molecule has 2 aromatic rings. The largest absolute Gasteiger partial charge is 0.497 e. The third-order valence-electron chi connectivity index (χ3n) is 6.21. The van der Waals surface area contributed by atoms with Crippen molar-refractivity contribution in [3.63, 3.8) is 0 Å². The van der Waals surface area contributed by atoms with Crippen LogP contribution in [0, 0.1) is 6.92 Å². The van der Waals surface area contributed by atoms with E-state index in [1.165, 1.54) is 0 Å². The standard InChI is InChI=1S/C26H35N3O4/c1-19-6-12-24(33-4)23(18-19)27-26(31)20(2)28-14-5-15-29(17-16-28)25(30)13-9-21-7-10-22(32-3)11-8-21/h6-8,10-12,18,20H,5,9,13-17H2,1-4H3,(H,27,31). The van der Waals surface area contributed by atoms with Crippen molar-refractivity contribution in [3.05, 3.63) is 53.6 Å². The number of ether oxygens (including phenoxy) is 2. The second kappa shape index (κ2) is 11.7. The maximum Gasteiger partial charge on any atom is 0.241 e. The van der Waals surface area contributed by atoms with Gasteiger partial charge in [0.05, 0.1) is 25.9 Å². The van der Waals surface area contributed by atoms with E-state index >= 15 is 0 Å². The van der Waals surface area contributed by atoms with E-state index in [0.29, 0.717) is 37.4 Å². The molecule has 1 atom stereocenters. The number of carbonyl (C=O) groups excluding carboxylic acids is 2. The van der Waals surface area contributed by atoms with Crippen LogP contribution in [-0.2, 0) is 16.0 Å². The fourth-order valence-electron chi connectivity index (χ4n) is 4.10. The van der Waals surface area contributed by atoms with Crippen molar-refractivity contribution in [3.8, 4) is 11.5 Å². The maximum atomic E-state index is 12.9. The monoisotopic (exact) mass is 453 g/mol. The molecule has 0 saturated carbocycles. The first kappa shape index (κ1) is 24.6. The number of nitrogens with one attached hydrogen (secondary N) is 1. The summed E-state index contributed by atoms with van der Waals surface area (Å²) in [5, 5.41) is 3.01. The molecule has 3 rings (SSSR count). The average molecular weight is 454 g/mol. The zero-order valence-electron chi connectivity index (χ0n) is 20.1. The summed E-state index contributed by atoms with van der Waals surface area (Å²) >= 11 is 0. The smallest absolute Gasteiger partial charge is 0.241 e. The van der Waals surface area contributed by atoms with Crippen molar-refractivity contribution in [2.75, 3.05) is 45.7 Å². The van der Waals surface area contributed by atoms with Gasteiger partial charge in [-0.2, -0.15) is 0 Å². The number of rotatable bonds is 8. The van der Waals surface area contributed by atoms with Gasteiger partial charge < -0.3 is 19.7 Å². The van der Waals surface area contributed by atoms with Gasteiger partial charge in [-0.1, -0.05) is 18.2 Å². The lowest BCUT2D eigenvalue weighted by Gasteiger charge is -2.27. The van der Waals surface area contributed by atoms with E-state index in [9.17, 15) is 9.59 Å². The Balaban J connectivity index is 1.51. The molecule has 2 aromatic carbocycles. The number of nitrogens with zero attached hydrogens (tertiary/aromatic N) is 2. The van der Waals surface area contributed by atoms with Crippen molar-refractivity contribution >= 4 is 17.5 Å². The lowest BCUT2D eigenvalue weighted by molar-refractivity contribution is -0.131. The molecule has 7 nitrogen and oxygen atoms in total. The molecule has 0 aliphatic carbocycles. The van der Waals surface area contributed by atoms with Crippen LogP contribution in [0.2, 0.25) is 0 Å². The molecule has 1 aliphatic rings. The predicted octanol–water partition coefficient (Wildman–Crippen LogP) is 3.51. The average Bonchev–Trinajstić information content (AvgIpc) is 3.09. The number of methoxy groups -OCH3 is 2. The van der Waals surface area contributed by atoms with Crippen molar-refractivity contribution < 1.29 is 19.1 Å². The molecule has 7 heteroatoms. The second-order valence-corrected chi connectivity index (χ2v) is 8.49. The minimum absolute atomic E-state index is 0.0711. The molecule has 1 unspecified atom stereocenters. The third-order valence-corrected chi connectivity index (χ3v) is 6.21. The van der Waals surface area contributed by atoms with Crippen LogP contribution in [-0.4, -0.2) is 68.1 Å². The lowest BCUT2D eigenvalue weighted by Crippen LogP contribution is -2.44. The van der Waals surface area contributed by atoms with Crippen molar-refractivity contribution in [2.24, 2.45) is 0 Å². The molecule has 33 heavy (non-hydrogen) atoms. The molecule has 0 bridgehead atoms. The summed E-state index contributed by atoms with van der Waals surface area (Å²) in [4.78, 5) is 29.8. The lowest BCUT2D eigenvalue weighted by atomic mass is 10.1. The van der Waals surface area contributed by atoms with Crippen LogP contribution < -0.4 is 14.8 Å². The van der Waals surface area contributed by atoms with E-state index < -0.39 is 0 Å². The molecule has 1 saturated heterocycles. The zero-order chi connectivity index (χ0) is 23.8. The first-order valence-electron chi connectivity index (χ1n) is 11.5.